The van der Waals surface area contributed by atoms with Crippen molar-refractivity contribution in [1.29, 1.82) is 0 Å². The fourth-order valence-corrected chi connectivity index (χ4v) is 3.48. The highest BCUT2D eigenvalue weighted by Crippen LogP contribution is 2.25. The molecule has 80 valence electrons. The van der Waals surface area contributed by atoms with Crippen molar-refractivity contribution in [1.82, 2.24) is 5.32 Å². The van der Waals surface area contributed by atoms with Crippen molar-refractivity contribution < 1.29 is 17.9 Å². The first kappa shape index (κ1) is 9.76. The quantitative estimate of drug-likeness (QED) is 0.669. The molecule has 1 atom stereocenters. The highest BCUT2D eigenvalue weighted by molar-refractivity contribution is 7.91. The molecule has 14 heavy (non-hydrogen) atoms. The van der Waals surface area contributed by atoms with E-state index in [2.05, 4.69) is 5.32 Å². The van der Waals surface area contributed by atoms with Crippen LogP contribution in [-0.2, 0) is 14.6 Å². The van der Waals surface area contributed by atoms with Gasteiger partial charge in [-0.2, -0.15) is 0 Å². The zero-order valence-electron chi connectivity index (χ0n) is 7.73. The van der Waals surface area contributed by atoms with Gasteiger partial charge in [0, 0.05) is 0 Å². The monoisotopic (exact) mass is 219 g/mol. The van der Waals surface area contributed by atoms with Crippen LogP contribution in [0.2, 0.25) is 0 Å². The topological polar surface area (TPSA) is 72.5 Å². The maximum absolute atomic E-state index is 11.2. The summed E-state index contributed by atoms with van der Waals surface area (Å²) in [6, 6.07) is 0. The van der Waals surface area contributed by atoms with E-state index in [0.29, 0.717) is 19.4 Å². The van der Waals surface area contributed by atoms with E-state index in [1.165, 1.54) is 0 Å². The second-order valence-corrected chi connectivity index (χ2v) is 6.12. The molecule has 2 aliphatic rings. The molecule has 2 rings (SSSR count). The van der Waals surface area contributed by atoms with Crippen LogP contribution in [0.15, 0.2) is 0 Å². The van der Waals surface area contributed by atoms with Gasteiger partial charge in [0.1, 0.15) is 15.9 Å². The predicted octanol–water partition coefficient (Wildman–Crippen LogP) is -0.0804. The fourth-order valence-electron chi connectivity index (χ4n) is 1.95. The Kier molecular flexibility index (Phi) is 2.38. The Morgan fingerprint density at radius 1 is 1.29 bits per heavy atom. The summed E-state index contributed by atoms with van der Waals surface area (Å²) in [4.78, 5) is 10.8. The summed E-state index contributed by atoms with van der Waals surface area (Å²) >= 11 is 0. The zero-order chi connectivity index (χ0) is 10.2. The van der Waals surface area contributed by atoms with Crippen molar-refractivity contribution in [3.05, 3.63) is 0 Å². The molecule has 0 aromatic heterocycles. The van der Waals surface area contributed by atoms with E-state index in [0.717, 1.165) is 0 Å². The lowest BCUT2D eigenvalue weighted by molar-refractivity contribution is 0.101. The minimum atomic E-state index is -2.82. The minimum absolute atomic E-state index is 0.127. The Morgan fingerprint density at radius 2 is 1.93 bits per heavy atom. The molecular formula is C8H13NO4S. The van der Waals surface area contributed by atoms with Gasteiger partial charge in [0.25, 0.3) is 0 Å². The number of carbonyl (C=O) groups excluding carboxylic acids is 1. The SMILES string of the molecule is O=C1NCC(C2CCS(=O)(=O)CC2)O1. The smallest absolute Gasteiger partial charge is 0.407 e. The zero-order valence-corrected chi connectivity index (χ0v) is 8.55. The third-order valence-electron chi connectivity index (χ3n) is 2.83. The minimum Gasteiger partial charge on any atom is -0.444 e. The summed E-state index contributed by atoms with van der Waals surface area (Å²) < 4.78 is 27.3. The molecule has 1 N–H and O–H groups in total. The largest absolute Gasteiger partial charge is 0.444 e. The van der Waals surface area contributed by atoms with Crippen molar-refractivity contribution >= 4 is 15.9 Å². The lowest BCUT2D eigenvalue weighted by atomic mass is 9.96. The molecule has 1 unspecified atom stereocenters. The van der Waals surface area contributed by atoms with E-state index in [4.69, 9.17) is 4.74 Å². The Morgan fingerprint density at radius 3 is 2.43 bits per heavy atom. The molecule has 5 nitrogen and oxygen atoms in total. The summed E-state index contributed by atoms with van der Waals surface area (Å²) in [5.74, 6) is 0.662. The molecule has 0 radical (unpaired) electrons. The number of carbonyl (C=O) groups is 1. The highest BCUT2D eigenvalue weighted by Gasteiger charge is 2.34. The van der Waals surface area contributed by atoms with Crippen LogP contribution >= 0.6 is 0 Å². The number of sulfone groups is 1. The Labute approximate surface area is 82.7 Å². The van der Waals surface area contributed by atoms with Crippen LogP contribution in [-0.4, -0.2) is 38.7 Å². The number of rotatable bonds is 1. The van der Waals surface area contributed by atoms with Crippen LogP contribution in [0, 0.1) is 5.92 Å². The Balaban J connectivity index is 1.92. The molecule has 0 aromatic rings. The van der Waals surface area contributed by atoms with Gasteiger partial charge in [-0.3, -0.25) is 0 Å². The van der Waals surface area contributed by atoms with Crippen molar-refractivity contribution in [3.63, 3.8) is 0 Å². The van der Waals surface area contributed by atoms with Crippen LogP contribution in [0.5, 0.6) is 0 Å². The third-order valence-corrected chi connectivity index (χ3v) is 4.55. The molecule has 2 saturated heterocycles. The molecule has 0 aromatic carbocycles. The van der Waals surface area contributed by atoms with E-state index in [1.807, 2.05) is 0 Å². The molecule has 2 heterocycles. The van der Waals surface area contributed by atoms with Crippen molar-refractivity contribution in [2.45, 2.75) is 18.9 Å². The number of nitrogens with one attached hydrogen (secondary N) is 1. The second-order valence-electron chi connectivity index (χ2n) is 3.81. The first-order valence-corrected chi connectivity index (χ1v) is 6.54. The van der Waals surface area contributed by atoms with Gasteiger partial charge in [-0.05, 0) is 18.8 Å². The third kappa shape index (κ3) is 2.00. The molecule has 2 aliphatic heterocycles. The number of ether oxygens (including phenoxy) is 1. The molecular weight excluding hydrogens is 206 g/mol. The van der Waals surface area contributed by atoms with Gasteiger partial charge in [0.15, 0.2) is 0 Å². The van der Waals surface area contributed by atoms with E-state index < -0.39 is 9.84 Å². The van der Waals surface area contributed by atoms with Crippen LogP contribution in [0.4, 0.5) is 4.79 Å². The molecule has 0 bridgehead atoms. The van der Waals surface area contributed by atoms with E-state index >= 15 is 0 Å². The van der Waals surface area contributed by atoms with Crippen LogP contribution in [0.1, 0.15) is 12.8 Å². The number of cyclic esters (lactones) is 1. The van der Waals surface area contributed by atoms with Crippen LogP contribution in [0.25, 0.3) is 0 Å². The van der Waals surface area contributed by atoms with Crippen LogP contribution < -0.4 is 5.32 Å². The number of hydrogen-bond donors (Lipinski definition) is 1. The highest BCUT2D eigenvalue weighted by atomic mass is 32.2. The summed E-state index contributed by atoms with van der Waals surface area (Å²) in [6.45, 7) is 0.517. The van der Waals surface area contributed by atoms with Gasteiger partial charge < -0.3 is 10.1 Å². The summed E-state index contributed by atoms with van der Waals surface area (Å²) in [5, 5.41) is 2.58. The average Bonchev–Trinajstić information content (AvgIpc) is 2.52. The van der Waals surface area contributed by atoms with E-state index in [9.17, 15) is 13.2 Å². The van der Waals surface area contributed by atoms with Gasteiger partial charge in [-0.15, -0.1) is 0 Å². The standard InChI is InChI=1S/C8H13NO4S/c10-8-9-5-7(13-8)6-1-3-14(11,12)4-2-6/h6-7H,1-5H2,(H,9,10). The van der Waals surface area contributed by atoms with Crippen molar-refractivity contribution in [2.24, 2.45) is 5.92 Å². The average molecular weight is 219 g/mol. The van der Waals surface area contributed by atoms with Gasteiger partial charge in [0.05, 0.1) is 18.1 Å². The normalized spacial score (nSPS) is 32.3. The molecule has 6 heteroatoms. The summed E-state index contributed by atoms with van der Waals surface area (Å²) in [6.07, 6.45) is 0.714. The summed E-state index contributed by atoms with van der Waals surface area (Å²) in [5.41, 5.74) is 0. The molecule has 0 aliphatic carbocycles. The number of hydrogen-bond acceptors (Lipinski definition) is 4. The van der Waals surface area contributed by atoms with E-state index in [-0.39, 0.29) is 29.6 Å². The molecule has 2 fully saturated rings. The summed E-state index contributed by atoms with van der Waals surface area (Å²) in [7, 11) is -2.82. The maximum atomic E-state index is 11.2. The Bertz CT molecular complexity index is 323. The van der Waals surface area contributed by atoms with E-state index in [1.54, 1.807) is 0 Å². The maximum Gasteiger partial charge on any atom is 0.407 e. The van der Waals surface area contributed by atoms with Crippen LogP contribution in [0.3, 0.4) is 0 Å². The number of alkyl carbamates (subject to hydrolysis) is 1. The molecule has 1 amide bonds. The second kappa shape index (κ2) is 3.42. The number of amides is 1. The van der Waals surface area contributed by atoms with Gasteiger partial charge in [-0.25, -0.2) is 13.2 Å². The van der Waals surface area contributed by atoms with Crippen molar-refractivity contribution in [3.8, 4) is 0 Å². The van der Waals surface area contributed by atoms with Gasteiger partial charge >= 0.3 is 6.09 Å². The van der Waals surface area contributed by atoms with Gasteiger partial charge in [0.2, 0.25) is 0 Å². The predicted molar refractivity (Wildman–Crippen MR) is 49.6 cm³/mol. The fraction of sp³-hybridized carbons (Fsp3) is 0.875. The lowest BCUT2D eigenvalue weighted by Gasteiger charge is -2.25. The van der Waals surface area contributed by atoms with Gasteiger partial charge in [-0.1, -0.05) is 0 Å². The van der Waals surface area contributed by atoms with Crippen molar-refractivity contribution in [2.75, 3.05) is 18.1 Å². The molecule has 0 saturated carbocycles. The lowest BCUT2D eigenvalue weighted by Crippen LogP contribution is -2.32. The first-order chi connectivity index (χ1) is 6.57. The first-order valence-electron chi connectivity index (χ1n) is 4.72. The molecule has 0 spiro atoms. The Hall–Kier alpha value is -0.780.